The van der Waals surface area contributed by atoms with E-state index in [1.807, 2.05) is 19.1 Å². The molecule has 1 unspecified atom stereocenters. The number of fused-ring (bicyclic) bond motifs is 1. The maximum Gasteiger partial charge on any atom is 0.338 e. The molecule has 0 saturated heterocycles. The highest BCUT2D eigenvalue weighted by Crippen LogP contribution is 2.24. The molecule has 21 heavy (non-hydrogen) atoms. The first kappa shape index (κ1) is 13.7. The molecule has 0 radical (unpaired) electrons. The van der Waals surface area contributed by atoms with Crippen LogP contribution in [0.5, 0.6) is 0 Å². The van der Waals surface area contributed by atoms with Crippen LogP contribution in [-0.4, -0.2) is 12.1 Å². The fourth-order valence-corrected chi connectivity index (χ4v) is 2.75. The monoisotopic (exact) mass is 281 g/mol. The third-order valence-corrected chi connectivity index (χ3v) is 4.09. The van der Waals surface area contributed by atoms with E-state index in [2.05, 4.69) is 18.2 Å². The van der Waals surface area contributed by atoms with E-state index in [0.717, 1.165) is 24.8 Å². The van der Waals surface area contributed by atoms with Gasteiger partial charge in [0, 0.05) is 12.1 Å². The van der Waals surface area contributed by atoms with Gasteiger partial charge in [-0.2, -0.15) is 0 Å². The zero-order chi connectivity index (χ0) is 14.8. The van der Waals surface area contributed by atoms with Crippen molar-refractivity contribution in [3.8, 4) is 0 Å². The smallest absolute Gasteiger partial charge is 0.338 e. The normalized spacial score (nSPS) is 17.1. The van der Waals surface area contributed by atoms with Gasteiger partial charge in [-0.1, -0.05) is 30.3 Å². The van der Waals surface area contributed by atoms with Gasteiger partial charge in [0.15, 0.2) is 0 Å². The number of hydrogen-bond donors (Lipinski definition) is 1. The number of esters is 1. The van der Waals surface area contributed by atoms with Crippen LogP contribution in [0, 0.1) is 6.92 Å². The number of hydrogen-bond acceptors (Lipinski definition) is 3. The van der Waals surface area contributed by atoms with Crippen molar-refractivity contribution in [1.29, 1.82) is 0 Å². The Morgan fingerprint density at radius 1 is 1.19 bits per heavy atom. The van der Waals surface area contributed by atoms with Crippen molar-refractivity contribution in [3.05, 3.63) is 64.7 Å². The van der Waals surface area contributed by atoms with E-state index >= 15 is 0 Å². The van der Waals surface area contributed by atoms with E-state index < -0.39 is 0 Å². The largest absolute Gasteiger partial charge is 0.458 e. The number of aryl methyl sites for hydroxylation is 2. The summed E-state index contributed by atoms with van der Waals surface area (Å²) in [6.07, 6.45) is 2.59. The summed E-state index contributed by atoms with van der Waals surface area (Å²) in [7, 11) is 0. The number of benzene rings is 2. The summed E-state index contributed by atoms with van der Waals surface area (Å²) in [6, 6.07) is 13.7. The summed E-state index contributed by atoms with van der Waals surface area (Å²) >= 11 is 0. The minimum Gasteiger partial charge on any atom is -0.458 e. The Bertz CT molecular complexity index is 679. The molecule has 0 aliphatic heterocycles. The van der Waals surface area contributed by atoms with Crippen LogP contribution in [0.2, 0.25) is 0 Å². The van der Waals surface area contributed by atoms with E-state index in [9.17, 15) is 4.79 Å². The Labute approximate surface area is 124 Å². The van der Waals surface area contributed by atoms with E-state index in [1.165, 1.54) is 11.1 Å². The molecule has 3 nitrogen and oxygen atoms in total. The number of carbonyl (C=O) groups excluding carboxylic acids is 1. The first-order valence-electron chi connectivity index (χ1n) is 7.27. The zero-order valence-corrected chi connectivity index (χ0v) is 12.1. The number of ether oxygens (including phenoxy) is 1. The number of anilines is 1. The highest BCUT2D eigenvalue weighted by atomic mass is 16.5. The molecular weight excluding hydrogens is 262 g/mol. The molecule has 0 heterocycles. The molecule has 0 bridgehead atoms. The topological polar surface area (TPSA) is 52.3 Å². The average Bonchev–Trinajstić information content (AvgIpc) is 2.50. The Balaban J connectivity index is 1.70. The van der Waals surface area contributed by atoms with Gasteiger partial charge in [-0.05, 0) is 48.6 Å². The fourth-order valence-electron chi connectivity index (χ4n) is 2.75. The van der Waals surface area contributed by atoms with Crippen LogP contribution >= 0.6 is 0 Å². The predicted octanol–water partition coefficient (Wildman–Crippen LogP) is 3.29. The second-order valence-corrected chi connectivity index (χ2v) is 5.61. The molecule has 0 spiro atoms. The summed E-state index contributed by atoms with van der Waals surface area (Å²) in [5, 5.41) is 0. The lowest BCUT2D eigenvalue weighted by molar-refractivity contribution is 0.0271. The average molecular weight is 281 g/mol. The third kappa shape index (κ3) is 2.92. The highest BCUT2D eigenvalue weighted by Gasteiger charge is 2.22. The standard InChI is InChI=1S/C18H19NO2/c1-12-6-7-15(11-17(12)19)18(20)21-16-9-8-13-4-2-3-5-14(13)10-16/h2-7,11,16H,8-10,19H2,1H3. The molecule has 2 N–H and O–H groups in total. The summed E-state index contributed by atoms with van der Waals surface area (Å²) in [5.74, 6) is -0.286. The van der Waals surface area contributed by atoms with Crippen molar-refractivity contribution < 1.29 is 9.53 Å². The van der Waals surface area contributed by atoms with Crippen LogP contribution in [0.25, 0.3) is 0 Å². The Morgan fingerprint density at radius 3 is 2.71 bits per heavy atom. The van der Waals surface area contributed by atoms with Gasteiger partial charge in [-0.3, -0.25) is 0 Å². The zero-order valence-electron chi connectivity index (χ0n) is 12.1. The van der Waals surface area contributed by atoms with Crippen molar-refractivity contribution in [2.75, 3.05) is 5.73 Å². The maximum atomic E-state index is 12.2. The number of carbonyl (C=O) groups is 1. The fraction of sp³-hybridized carbons (Fsp3) is 0.278. The van der Waals surface area contributed by atoms with Gasteiger partial charge in [-0.15, -0.1) is 0 Å². The van der Waals surface area contributed by atoms with E-state index in [0.29, 0.717) is 11.3 Å². The molecule has 1 aliphatic carbocycles. The molecular formula is C18H19NO2. The molecule has 2 aromatic rings. The quantitative estimate of drug-likeness (QED) is 0.679. The Morgan fingerprint density at radius 2 is 1.95 bits per heavy atom. The first-order chi connectivity index (χ1) is 10.1. The summed E-state index contributed by atoms with van der Waals surface area (Å²) < 4.78 is 5.63. The molecule has 3 heteroatoms. The number of nitrogens with two attached hydrogens (primary N) is 1. The number of rotatable bonds is 2. The van der Waals surface area contributed by atoms with Crippen molar-refractivity contribution in [2.45, 2.75) is 32.3 Å². The second kappa shape index (κ2) is 5.60. The molecule has 3 rings (SSSR count). The molecule has 0 fully saturated rings. The Hall–Kier alpha value is -2.29. The lowest BCUT2D eigenvalue weighted by atomic mass is 9.90. The summed E-state index contributed by atoms with van der Waals surface area (Å²) in [5.41, 5.74) is 10.6. The first-order valence-corrected chi connectivity index (χ1v) is 7.27. The van der Waals surface area contributed by atoms with Gasteiger partial charge in [0.25, 0.3) is 0 Å². The summed E-state index contributed by atoms with van der Waals surface area (Å²) in [4.78, 5) is 12.2. The van der Waals surface area contributed by atoms with Crippen LogP contribution in [-0.2, 0) is 17.6 Å². The second-order valence-electron chi connectivity index (χ2n) is 5.61. The van der Waals surface area contributed by atoms with Crippen LogP contribution in [0.1, 0.15) is 33.5 Å². The van der Waals surface area contributed by atoms with Gasteiger partial charge in [-0.25, -0.2) is 4.79 Å². The van der Waals surface area contributed by atoms with Gasteiger partial charge < -0.3 is 10.5 Å². The van der Waals surface area contributed by atoms with Gasteiger partial charge in [0.05, 0.1) is 5.56 Å². The molecule has 0 aromatic heterocycles. The number of nitrogen functional groups attached to an aromatic ring is 1. The highest BCUT2D eigenvalue weighted by molar-refractivity contribution is 5.90. The van der Waals surface area contributed by atoms with Gasteiger partial charge in [0.1, 0.15) is 6.10 Å². The van der Waals surface area contributed by atoms with Crippen molar-refractivity contribution in [3.63, 3.8) is 0 Å². The minimum atomic E-state index is -0.286. The van der Waals surface area contributed by atoms with E-state index in [4.69, 9.17) is 10.5 Å². The van der Waals surface area contributed by atoms with Crippen molar-refractivity contribution in [1.82, 2.24) is 0 Å². The lowest BCUT2D eigenvalue weighted by Crippen LogP contribution is -2.25. The summed E-state index contributed by atoms with van der Waals surface area (Å²) in [6.45, 7) is 1.92. The lowest BCUT2D eigenvalue weighted by Gasteiger charge is -2.24. The van der Waals surface area contributed by atoms with Crippen molar-refractivity contribution >= 4 is 11.7 Å². The molecule has 1 atom stereocenters. The Kier molecular flexibility index (Phi) is 3.65. The van der Waals surface area contributed by atoms with Crippen LogP contribution in [0.15, 0.2) is 42.5 Å². The van der Waals surface area contributed by atoms with Crippen LogP contribution < -0.4 is 5.73 Å². The van der Waals surface area contributed by atoms with Gasteiger partial charge >= 0.3 is 5.97 Å². The maximum absolute atomic E-state index is 12.2. The molecule has 108 valence electrons. The van der Waals surface area contributed by atoms with Crippen LogP contribution in [0.4, 0.5) is 5.69 Å². The van der Waals surface area contributed by atoms with E-state index in [1.54, 1.807) is 12.1 Å². The van der Waals surface area contributed by atoms with Gasteiger partial charge in [0.2, 0.25) is 0 Å². The molecule has 0 amide bonds. The minimum absolute atomic E-state index is 0.0464. The molecule has 1 aliphatic rings. The predicted molar refractivity (Wildman–Crippen MR) is 83.3 cm³/mol. The van der Waals surface area contributed by atoms with Crippen molar-refractivity contribution in [2.24, 2.45) is 0 Å². The third-order valence-electron chi connectivity index (χ3n) is 4.09. The molecule has 2 aromatic carbocycles. The van der Waals surface area contributed by atoms with Crippen LogP contribution in [0.3, 0.4) is 0 Å². The molecule has 0 saturated carbocycles. The SMILES string of the molecule is Cc1ccc(C(=O)OC2CCc3ccccc3C2)cc1N. The van der Waals surface area contributed by atoms with E-state index in [-0.39, 0.29) is 12.1 Å².